The highest BCUT2D eigenvalue weighted by Gasteiger charge is 2.18. The maximum atomic E-state index is 5.67. The first-order valence-corrected chi connectivity index (χ1v) is 5.72. The summed E-state index contributed by atoms with van der Waals surface area (Å²) in [5, 5.41) is 7.54. The van der Waals surface area contributed by atoms with Crippen LogP contribution in [0.5, 0.6) is 0 Å². The second-order valence-corrected chi connectivity index (χ2v) is 4.40. The van der Waals surface area contributed by atoms with Crippen molar-refractivity contribution in [1.29, 1.82) is 0 Å². The minimum absolute atomic E-state index is 0.816. The lowest BCUT2D eigenvalue weighted by Gasteiger charge is -2.01. The van der Waals surface area contributed by atoms with Crippen molar-refractivity contribution in [2.75, 3.05) is 5.73 Å². The molecule has 0 aliphatic heterocycles. The molecule has 1 aromatic heterocycles. The fraction of sp³-hybridized carbons (Fsp3) is 0.308. The molecule has 3 heteroatoms. The maximum Gasteiger partial charge on any atom is 0.0700 e. The normalized spacial score (nSPS) is 14.0. The fourth-order valence-corrected chi connectivity index (χ4v) is 2.36. The number of nitrogens with two attached hydrogens (primary N) is 1. The van der Waals surface area contributed by atoms with Crippen LogP contribution in [0.2, 0.25) is 0 Å². The summed E-state index contributed by atoms with van der Waals surface area (Å²) < 4.78 is 0. The van der Waals surface area contributed by atoms with Gasteiger partial charge >= 0.3 is 0 Å². The molecule has 3 nitrogen and oxygen atoms in total. The van der Waals surface area contributed by atoms with E-state index in [1.165, 1.54) is 35.4 Å². The summed E-state index contributed by atoms with van der Waals surface area (Å²) in [4.78, 5) is 0. The van der Waals surface area contributed by atoms with Crippen molar-refractivity contribution in [3.8, 4) is 0 Å². The van der Waals surface area contributed by atoms with Gasteiger partial charge in [0.15, 0.2) is 0 Å². The summed E-state index contributed by atoms with van der Waals surface area (Å²) >= 11 is 0. The molecule has 3 rings (SSSR count). The van der Waals surface area contributed by atoms with E-state index in [1.807, 2.05) is 12.1 Å². The van der Waals surface area contributed by atoms with Crippen molar-refractivity contribution in [2.45, 2.75) is 25.7 Å². The van der Waals surface area contributed by atoms with Crippen LogP contribution in [-0.4, -0.2) is 10.2 Å². The zero-order valence-corrected chi connectivity index (χ0v) is 9.16. The van der Waals surface area contributed by atoms with Gasteiger partial charge in [0.25, 0.3) is 0 Å². The molecule has 0 radical (unpaired) electrons. The maximum absolute atomic E-state index is 5.67. The second kappa shape index (κ2) is 3.67. The monoisotopic (exact) mass is 213 g/mol. The van der Waals surface area contributed by atoms with Gasteiger partial charge in [-0.15, -0.1) is 0 Å². The van der Waals surface area contributed by atoms with Crippen molar-refractivity contribution < 1.29 is 0 Å². The quantitative estimate of drug-likeness (QED) is 0.750. The number of hydrogen-bond acceptors (Lipinski definition) is 2. The van der Waals surface area contributed by atoms with Crippen molar-refractivity contribution in [2.24, 2.45) is 0 Å². The molecule has 1 aliphatic carbocycles. The van der Waals surface area contributed by atoms with E-state index in [0.717, 1.165) is 18.5 Å². The average Bonchev–Trinajstić information content (AvgIpc) is 2.86. The van der Waals surface area contributed by atoms with E-state index in [1.54, 1.807) is 0 Å². The van der Waals surface area contributed by atoms with Crippen LogP contribution in [-0.2, 0) is 19.3 Å². The third-order valence-electron chi connectivity index (χ3n) is 3.24. The van der Waals surface area contributed by atoms with Gasteiger partial charge in [-0.2, -0.15) is 5.10 Å². The first-order chi connectivity index (χ1) is 7.83. The Bertz CT molecular complexity index is 496. The highest BCUT2D eigenvalue weighted by atomic mass is 15.1. The highest BCUT2D eigenvalue weighted by Crippen LogP contribution is 2.24. The summed E-state index contributed by atoms with van der Waals surface area (Å²) in [5.41, 5.74) is 11.7. The number of nitrogens with zero attached hydrogens (tertiary/aromatic N) is 1. The van der Waals surface area contributed by atoms with E-state index in [9.17, 15) is 0 Å². The molecule has 0 unspecified atom stereocenters. The van der Waals surface area contributed by atoms with Crippen LogP contribution in [0.15, 0.2) is 24.3 Å². The Kier molecular flexibility index (Phi) is 2.17. The van der Waals surface area contributed by atoms with Gasteiger partial charge < -0.3 is 5.73 Å². The van der Waals surface area contributed by atoms with Gasteiger partial charge in [-0.1, -0.05) is 12.1 Å². The van der Waals surface area contributed by atoms with Gasteiger partial charge in [-0.3, -0.25) is 5.10 Å². The lowest BCUT2D eigenvalue weighted by atomic mass is 10.1. The number of H-pyrrole nitrogens is 1. The number of hydrogen-bond donors (Lipinski definition) is 2. The molecule has 1 aliphatic rings. The number of aromatic amines is 1. The molecule has 0 bridgehead atoms. The third kappa shape index (κ3) is 1.58. The second-order valence-electron chi connectivity index (χ2n) is 4.40. The summed E-state index contributed by atoms with van der Waals surface area (Å²) in [6, 6.07) is 8.04. The average molecular weight is 213 g/mol. The van der Waals surface area contributed by atoms with Crippen molar-refractivity contribution in [3.63, 3.8) is 0 Å². The Morgan fingerprint density at radius 2 is 2.00 bits per heavy atom. The van der Waals surface area contributed by atoms with Crippen LogP contribution in [0.1, 0.15) is 28.9 Å². The Morgan fingerprint density at radius 1 is 1.19 bits per heavy atom. The molecule has 0 atom stereocenters. The first kappa shape index (κ1) is 9.46. The molecule has 3 N–H and O–H groups in total. The van der Waals surface area contributed by atoms with Gasteiger partial charge in [0.2, 0.25) is 0 Å². The number of fused-ring (bicyclic) bond motifs is 1. The van der Waals surface area contributed by atoms with Crippen molar-refractivity contribution in [3.05, 3.63) is 46.8 Å². The summed E-state index contributed by atoms with van der Waals surface area (Å²) in [7, 11) is 0. The van der Waals surface area contributed by atoms with E-state index in [2.05, 4.69) is 22.3 Å². The van der Waals surface area contributed by atoms with Crippen molar-refractivity contribution in [1.82, 2.24) is 10.2 Å². The fourth-order valence-electron chi connectivity index (χ4n) is 2.36. The van der Waals surface area contributed by atoms with Gasteiger partial charge in [-0.25, -0.2) is 0 Å². The van der Waals surface area contributed by atoms with E-state index in [0.29, 0.717) is 0 Å². The summed E-state index contributed by atoms with van der Waals surface area (Å²) in [6.45, 7) is 0. The molecule has 82 valence electrons. The number of anilines is 1. The largest absolute Gasteiger partial charge is 0.399 e. The highest BCUT2D eigenvalue weighted by molar-refractivity contribution is 5.41. The summed E-state index contributed by atoms with van der Waals surface area (Å²) in [5.74, 6) is 0. The number of aryl methyl sites for hydroxylation is 1. The Labute approximate surface area is 94.7 Å². The molecular weight excluding hydrogens is 198 g/mol. The minimum atomic E-state index is 0.816. The lowest BCUT2D eigenvalue weighted by Crippen LogP contribution is -1.93. The number of nitrogens with one attached hydrogen (secondary N) is 1. The zero-order valence-electron chi connectivity index (χ0n) is 9.16. The van der Waals surface area contributed by atoms with E-state index >= 15 is 0 Å². The van der Waals surface area contributed by atoms with Crippen LogP contribution in [0, 0.1) is 0 Å². The molecule has 1 aromatic carbocycles. The van der Waals surface area contributed by atoms with Crippen LogP contribution >= 0.6 is 0 Å². The van der Waals surface area contributed by atoms with E-state index < -0.39 is 0 Å². The van der Waals surface area contributed by atoms with Crippen LogP contribution in [0.25, 0.3) is 0 Å². The molecule has 0 saturated carbocycles. The predicted molar refractivity (Wildman–Crippen MR) is 64.3 cm³/mol. The Morgan fingerprint density at radius 3 is 2.81 bits per heavy atom. The van der Waals surface area contributed by atoms with Gasteiger partial charge in [0.05, 0.1) is 5.69 Å². The van der Waals surface area contributed by atoms with Gasteiger partial charge in [-0.05, 0) is 42.5 Å². The lowest BCUT2D eigenvalue weighted by molar-refractivity contribution is 0.844. The molecule has 16 heavy (non-hydrogen) atoms. The van der Waals surface area contributed by atoms with Gasteiger partial charge in [0.1, 0.15) is 0 Å². The molecule has 0 amide bonds. The smallest absolute Gasteiger partial charge is 0.0700 e. The number of nitrogen functional groups attached to an aromatic ring is 1. The molecule has 0 saturated heterocycles. The van der Waals surface area contributed by atoms with Crippen LogP contribution in [0.4, 0.5) is 5.69 Å². The van der Waals surface area contributed by atoms with Crippen molar-refractivity contribution >= 4 is 5.69 Å². The standard InChI is InChI=1S/C13H15N3/c14-10-6-4-9(5-7-10)8-13-11-2-1-3-12(11)15-16-13/h4-7H,1-3,8,14H2,(H,15,16). The Hall–Kier alpha value is -1.77. The van der Waals surface area contributed by atoms with Crippen LogP contribution in [0.3, 0.4) is 0 Å². The first-order valence-electron chi connectivity index (χ1n) is 5.72. The number of rotatable bonds is 2. The summed E-state index contributed by atoms with van der Waals surface area (Å²) in [6.07, 6.45) is 4.50. The van der Waals surface area contributed by atoms with Crippen LogP contribution < -0.4 is 5.73 Å². The predicted octanol–water partition coefficient (Wildman–Crippen LogP) is 2.07. The molecule has 0 fully saturated rings. The number of aromatic nitrogens is 2. The molecule has 0 spiro atoms. The third-order valence-corrected chi connectivity index (χ3v) is 3.24. The molecule has 1 heterocycles. The number of benzene rings is 1. The van der Waals surface area contributed by atoms with Gasteiger partial charge in [0, 0.05) is 17.8 Å². The topological polar surface area (TPSA) is 54.7 Å². The van der Waals surface area contributed by atoms with E-state index in [4.69, 9.17) is 5.73 Å². The molecule has 2 aromatic rings. The van der Waals surface area contributed by atoms with E-state index in [-0.39, 0.29) is 0 Å². The molecular formula is C13H15N3. The Balaban J connectivity index is 1.86. The zero-order chi connectivity index (χ0) is 11.0. The SMILES string of the molecule is Nc1ccc(Cc2n[nH]c3c2CCC3)cc1. The minimum Gasteiger partial charge on any atom is -0.399 e.